The van der Waals surface area contributed by atoms with Gasteiger partial charge < -0.3 is 15.5 Å². The van der Waals surface area contributed by atoms with E-state index in [4.69, 9.17) is 0 Å². The largest absolute Gasteiger partial charge is 0.394 e. The molecule has 0 aromatic rings. The monoisotopic (exact) mass is 824 g/mol. The number of rotatable bonds is 41. The minimum atomic E-state index is -0.855. The number of nitrogens with one attached hydrogen (secondary N) is 1. The normalized spacial score (nSPS) is 14.3. The fourth-order valence-electron chi connectivity index (χ4n) is 6.18. The Hall–Kier alpha value is -3.73. The molecule has 4 heteroatoms. The van der Waals surface area contributed by atoms with Crippen LogP contribution in [0.2, 0.25) is 0 Å². The summed E-state index contributed by atoms with van der Waals surface area (Å²) < 4.78 is 0. The van der Waals surface area contributed by atoms with Crippen LogP contribution in [0.5, 0.6) is 0 Å². The zero-order chi connectivity index (χ0) is 43.5. The van der Waals surface area contributed by atoms with Gasteiger partial charge in [0, 0.05) is 6.42 Å². The van der Waals surface area contributed by atoms with Crippen molar-refractivity contribution in [3.8, 4) is 0 Å². The molecule has 1 amide bonds. The molecule has 2 atom stereocenters. The molecule has 0 fully saturated rings. The Morgan fingerprint density at radius 3 is 1.10 bits per heavy atom. The van der Waals surface area contributed by atoms with Crippen molar-refractivity contribution < 1.29 is 15.0 Å². The summed E-state index contributed by atoms with van der Waals surface area (Å²) in [5, 5.41) is 22.9. The molecule has 0 aromatic heterocycles. The molecule has 0 radical (unpaired) electrons. The lowest BCUT2D eigenvalue weighted by Gasteiger charge is -2.20. The highest BCUT2D eigenvalue weighted by Crippen LogP contribution is 2.11. The lowest BCUT2D eigenvalue weighted by Crippen LogP contribution is -2.45. The van der Waals surface area contributed by atoms with Crippen molar-refractivity contribution in [2.24, 2.45) is 0 Å². The Labute approximate surface area is 370 Å². The minimum absolute atomic E-state index is 0.0933. The van der Waals surface area contributed by atoms with Crippen LogP contribution in [0.1, 0.15) is 181 Å². The first-order valence-electron chi connectivity index (χ1n) is 24.0. The summed E-state index contributed by atoms with van der Waals surface area (Å²) in [6, 6.07) is -0.641. The quantitative estimate of drug-likeness (QED) is 0.0425. The molecular weight excluding hydrogens is 735 g/mol. The number of aliphatic hydroxyl groups excluding tert-OH is 2. The van der Waals surface area contributed by atoms with Crippen LogP contribution in [0.15, 0.2) is 146 Å². The first-order chi connectivity index (χ1) is 29.7. The van der Waals surface area contributed by atoms with Gasteiger partial charge in [0.05, 0.1) is 18.8 Å². The molecule has 0 aliphatic carbocycles. The van der Waals surface area contributed by atoms with Crippen molar-refractivity contribution in [1.82, 2.24) is 5.32 Å². The molecule has 0 aliphatic heterocycles. The van der Waals surface area contributed by atoms with E-state index in [0.717, 1.165) is 109 Å². The molecule has 0 heterocycles. The van der Waals surface area contributed by atoms with Crippen LogP contribution in [-0.4, -0.2) is 34.9 Å². The van der Waals surface area contributed by atoms with Crippen molar-refractivity contribution in [2.45, 2.75) is 193 Å². The van der Waals surface area contributed by atoms with E-state index >= 15 is 0 Å². The standard InChI is InChI=1S/C56H89NO3/c1-3-5-7-9-11-13-14-15-16-17-18-19-20-21-22-23-24-25-26-27-28-29-30-31-32-33-34-35-36-37-38-39-40-41-42-44-46-48-50-52-56(60)57-54(53-58)55(59)51-49-47-45-43-12-10-8-6-4-2/h5,7,11,13,15-16,18-19,21-22,24-25,27-28,30-31,33-34,36-37,39-40,49,51,54-55,58-59H,3-4,6,8-10,12,14,17,20,23,26,29,32,35,38,41-48,50,52-53H2,1-2H3,(H,57,60)/b7-5-,13-11-,16-15-,19-18-,22-21-,25-24-,28-27-,31-30-,34-33-,37-36-,40-39-,51-49+. The summed E-state index contributed by atoms with van der Waals surface area (Å²) in [7, 11) is 0. The Kier molecular flexibility index (Phi) is 46.5. The van der Waals surface area contributed by atoms with Crippen molar-refractivity contribution in [1.29, 1.82) is 0 Å². The maximum atomic E-state index is 12.3. The second-order valence-corrected chi connectivity index (χ2v) is 15.4. The molecule has 60 heavy (non-hydrogen) atoms. The van der Waals surface area contributed by atoms with E-state index in [9.17, 15) is 15.0 Å². The highest BCUT2D eigenvalue weighted by molar-refractivity contribution is 5.76. The van der Waals surface area contributed by atoms with Crippen LogP contribution >= 0.6 is 0 Å². The zero-order valence-electron chi connectivity index (χ0n) is 38.4. The fraction of sp³-hybridized carbons (Fsp3) is 0.554. The molecule has 0 bridgehead atoms. The van der Waals surface area contributed by atoms with Crippen LogP contribution in [0.25, 0.3) is 0 Å². The Morgan fingerprint density at radius 1 is 0.417 bits per heavy atom. The van der Waals surface area contributed by atoms with Gasteiger partial charge in [-0.1, -0.05) is 217 Å². The third-order valence-corrected chi connectivity index (χ3v) is 9.83. The van der Waals surface area contributed by atoms with Gasteiger partial charge in [0.15, 0.2) is 0 Å². The third kappa shape index (κ3) is 45.4. The minimum Gasteiger partial charge on any atom is -0.394 e. The molecule has 4 nitrogen and oxygen atoms in total. The van der Waals surface area contributed by atoms with Gasteiger partial charge in [-0.2, -0.15) is 0 Å². The molecule has 0 aliphatic rings. The van der Waals surface area contributed by atoms with E-state index in [2.05, 4.69) is 153 Å². The SMILES string of the molecule is CC/C=C\C/C=C\C/C=C\C/C=C\C/C=C\C/C=C\C/C=C\C/C=C\C/C=C\C/C=C\C/C=C\CCCCCCCC(=O)NC(CO)C(O)/C=C/CCCCCCCCC. The van der Waals surface area contributed by atoms with Gasteiger partial charge in [0.25, 0.3) is 0 Å². The van der Waals surface area contributed by atoms with Crippen molar-refractivity contribution in [3.05, 3.63) is 146 Å². The molecule has 336 valence electrons. The van der Waals surface area contributed by atoms with E-state index in [1.165, 1.54) is 51.4 Å². The van der Waals surface area contributed by atoms with Crippen LogP contribution in [0.3, 0.4) is 0 Å². The van der Waals surface area contributed by atoms with Crippen molar-refractivity contribution in [2.75, 3.05) is 6.61 Å². The van der Waals surface area contributed by atoms with E-state index in [-0.39, 0.29) is 12.5 Å². The summed E-state index contributed by atoms with van der Waals surface area (Å²) in [5.74, 6) is -0.0933. The van der Waals surface area contributed by atoms with Gasteiger partial charge in [0.2, 0.25) is 5.91 Å². The van der Waals surface area contributed by atoms with Crippen LogP contribution in [0, 0.1) is 0 Å². The molecule has 0 rings (SSSR count). The summed E-state index contributed by atoms with van der Waals surface area (Å²) in [6.45, 7) is 4.13. The topological polar surface area (TPSA) is 69.6 Å². The van der Waals surface area contributed by atoms with E-state index in [1.807, 2.05) is 6.08 Å². The fourth-order valence-corrected chi connectivity index (χ4v) is 6.18. The van der Waals surface area contributed by atoms with E-state index < -0.39 is 12.1 Å². The second-order valence-electron chi connectivity index (χ2n) is 15.4. The number of carbonyl (C=O) groups excluding carboxylic acids is 1. The molecule has 0 aromatic carbocycles. The maximum absolute atomic E-state index is 12.3. The Bertz CT molecular complexity index is 1300. The van der Waals surface area contributed by atoms with E-state index in [1.54, 1.807) is 6.08 Å². The van der Waals surface area contributed by atoms with Gasteiger partial charge in [0.1, 0.15) is 0 Å². The smallest absolute Gasteiger partial charge is 0.220 e. The zero-order valence-corrected chi connectivity index (χ0v) is 38.4. The summed E-state index contributed by atoms with van der Waals surface area (Å²) in [5.41, 5.74) is 0. The summed E-state index contributed by atoms with van der Waals surface area (Å²) in [6.07, 6.45) is 79.7. The number of carbonyl (C=O) groups is 1. The summed E-state index contributed by atoms with van der Waals surface area (Å²) >= 11 is 0. The highest BCUT2D eigenvalue weighted by Gasteiger charge is 2.17. The highest BCUT2D eigenvalue weighted by atomic mass is 16.3. The van der Waals surface area contributed by atoms with Crippen LogP contribution in [0.4, 0.5) is 0 Å². The lowest BCUT2D eigenvalue weighted by atomic mass is 10.1. The predicted octanol–water partition coefficient (Wildman–Crippen LogP) is 15.7. The first kappa shape index (κ1) is 56.3. The molecule has 2 unspecified atom stereocenters. The molecule has 0 spiro atoms. The Morgan fingerprint density at radius 2 is 0.733 bits per heavy atom. The lowest BCUT2D eigenvalue weighted by molar-refractivity contribution is -0.123. The third-order valence-electron chi connectivity index (χ3n) is 9.83. The van der Waals surface area contributed by atoms with Gasteiger partial charge >= 0.3 is 0 Å². The van der Waals surface area contributed by atoms with Gasteiger partial charge in [-0.25, -0.2) is 0 Å². The number of amides is 1. The number of hydrogen-bond acceptors (Lipinski definition) is 3. The van der Waals surface area contributed by atoms with Crippen LogP contribution in [-0.2, 0) is 4.79 Å². The average molecular weight is 824 g/mol. The molecular formula is C56H89NO3. The molecule has 3 N–H and O–H groups in total. The van der Waals surface area contributed by atoms with Gasteiger partial charge in [-0.05, 0) is 103 Å². The first-order valence-corrected chi connectivity index (χ1v) is 24.0. The number of allylic oxidation sites excluding steroid dienone is 23. The number of hydrogen-bond donors (Lipinski definition) is 3. The van der Waals surface area contributed by atoms with Gasteiger partial charge in [-0.3, -0.25) is 4.79 Å². The predicted molar refractivity (Wildman–Crippen MR) is 266 cm³/mol. The maximum Gasteiger partial charge on any atom is 0.220 e. The van der Waals surface area contributed by atoms with Gasteiger partial charge in [-0.15, -0.1) is 0 Å². The van der Waals surface area contributed by atoms with Crippen LogP contribution < -0.4 is 5.32 Å². The number of aliphatic hydroxyl groups is 2. The Balaban J connectivity index is 3.70. The average Bonchev–Trinajstić information content (AvgIpc) is 3.25. The van der Waals surface area contributed by atoms with E-state index in [0.29, 0.717) is 6.42 Å². The molecule has 0 saturated carbocycles. The van der Waals surface area contributed by atoms with Crippen molar-refractivity contribution in [3.63, 3.8) is 0 Å². The van der Waals surface area contributed by atoms with Crippen molar-refractivity contribution >= 4 is 5.91 Å². The second kappa shape index (κ2) is 49.6. The summed E-state index contributed by atoms with van der Waals surface area (Å²) in [4.78, 5) is 12.3. The number of unbranched alkanes of at least 4 members (excludes halogenated alkanes) is 12. The molecule has 0 saturated heterocycles.